The van der Waals surface area contributed by atoms with Gasteiger partial charge < -0.3 is 10.6 Å². The molecule has 1 aromatic carbocycles. The molecule has 0 aliphatic heterocycles. The summed E-state index contributed by atoms with van der Waals surface area (Å²) in [6, 6.07) is 12.8. The summed E-state index contributed by atoms with van der Waals surface area (Å²) in [7, 11) is 0. The fraction of sp³-hybridized carbons (Fsp3) is 0.278. The van der Waals surface area contributed by atoms with E-state index in [1.165, 1.54) is 0 Å². The molecule has 7 heteroatoms. The molecule has 130 valence electrons. The van der Waals surface area contributed by atoms with Gasteiger partial charge >= 0.3 is 0 Å². The zero-order valence-electron chi connectivity index (χ0n) is 14.1. The molecule has 0 aliphatic rings. The number of benzene rings is 1. The van der Waals surface area contributed by atoms with E-state index in [2.05, 4.69) is 20.8 Å². The number of carbonyl (C=O) groups is 1. The number of anilines is 1. The van der Waals surface area contributed by atoms with Crippen LogP contribution in [0.5, 0.6) is 0 Å². The number of nitrogens with one attached hydrogen (secondary N) is 2. The smallest absolute Gasteiger partial charge is 0.239 e. The molecule has 2 aromatic heterocycles. The molecule has 6 nitrogen and oxygen atoms in total. The van der Waals surface area contributed by atoms with Gasteiger partial charge in [-0.3, -0.25) is 9.20 Å². The minimum atomic E-state index is -0.238. The van der Waals surface area contributed by atoms with Crippen LogP contribution >= 0.6 is 11.6 Å². The van der Waals surface area contributed by atoms with Crippen molar-refractivity contribution in [1.29, 1.82) is 0 Å². The van der Waals surface area contributed by atoms with E-state index in [0.29, 0.717) is 5.02 Å². The summed E-state index contributed by atoms with van der Waals surface area (Å²) in [6.45, 7) is 4.20. The normalized spacial score (nSPS) is 12.3. The summed E-state index contributed by atoms with van der Waals surface area (Å²) in [5, 5.41) is 15.1. The molecule has 1 atom stereocenters. The summed E-state index contributed by atoms with van der Waals surface area (Å²) in [5.74, 6) is 0.750. The molecule has 0 saturated carbocycles. The predicted octanol–water partition coefficient (Wildman–Crippen LogP) is 3.31. The number of rotatable bonds is 6. The van der Waals surface area contributed by atoms with Gasteiger partial charge in [-0.25, -0.2) is 0 Å². The Morgan fingerprint density at radius 2 is 1.92 bits per heavy atom. The highest BCUT2D eigenvalue weighted by atomic mass is 35.5. The quantitative estimate of drug-likeness (QED) is 0.710. The summed E-state index contributed by atoms with van der Waals surface area (Å²) >= 11 is 6.09. The first-order valence-electron chi connectivity index (χ1n) is 8.13. The third kappa shape index (κ3) is 3.91. The molecule has 0 aliphatic carbocycles. The van der Waals surface area contributed by atoms with Gasteiger partial charge in [-0.05, 0) is 30.2 Å². The fourth-order valence-corrected chi connectivity index (χ4v) is 2.81. The van der Waals surface area contributed by atoms with Gasteiger partial charge in [-0.15, -0.1) is 10.2 Å². The van der Waals surface area contributed by atoms with Crippen molar-refractivity contribution in [3.8, 4) is 0 Å². The maximum absolute atomic E-state index is 12.4. The van der Waals surface area contributed by atoms with Crippen molar-refractivity contribution in [3.05, 3.63) is 59.5 Å². The second kappa shape index (κ2) is 7.53. The van der Waals surface area contributed by atoms with Crippen LogP contribution in [0.15, 0.2) is 48.7 Å². The highest BCUT2D eigenvalue weighted by Crippen LogP contribution is 2.22. The molecule has 0 saturated heterocycles. The molecule has 3 aromatic rings. The minimum Gasteiger partial charge on any atom is -0.375 e. The maximum Gasteiger partial charge on any atom is 0.239 e. The molecular formula is C18H20ClN5O. The number of fused-ring (bicyclic) bond motifs is 1. The van der Waals surface area contributed by atoms with Crippen LogP contribution in [-0.4, -0.2) is 27.0 Å². The largest absolute Gasteiger partial charge is 0.375 e. The van der Waals surface area contributed by atoms with E-state index in [-0.39, 0.29) is 24.4 Å². The van der Waals surface area contributed by atoms with E-state index in [4.69, 9.17) is 11.6 Å². The van der Waals surface area contributed by atoms with Crippen LogP contribution in [0.3, 0.4) is 0 Å². The maximum atomic E-state index is 12.4. The van der Waals surface area contributed by atoms with E-state index >= 15 is 0 Å². The van der Waals surface area contributed by atoms with E-state index in [0.717, 1.165) is 17.2 Å². The first-order valence-corrected chi connectivity index (χ1v) is 8.51. The average molecular weight is 358 g/mol. The standard InChI is InChI=1S/C18H20ClN5O/c1-12(2)17(18-23-22-15-9-5-6-10-24(15)18)21-16(25)11-20-14-8-4-3-7-13(14)19/h3-10,12,17,20H,11H2,1-2H3,(H,21,25)/t17-/m0/s1. The van der Waals surface area contributed by atoms with E-state index < -0.39 is 0 Å². The molecule has 2 heterocycles. The van der Waals surface area contributed by atoms with Gasteiger partial charge in [-0.2, -0.15) is 0 Å². The highest BCUT2D eigenvalue weighted by Gasteiger charge is 2.23. The lowest BCUT2D eigenvalue weighted by Gasteiger charge is -2.21. The second-order valence-electron chi connectivity index (χ2n) is 6.11. The molecule has 0 bridgehead atoms. The van der Waals surface area contributed by atoms with Crippen LogP contribution in [-0.2, 0) is 4.79 Å². The van der Waals surface area contributed by atoms with Crippen molar-refractivity contribution in [2.75, 3.05) is 11.9 Å². The summed E-state index contributed by atoms with van der Waals surface area (Å²) in [6.07, 6.45) is 1.90. The lowest BCUT2D eigenvalue weighted by atomic mass is 10.0. The van der Waals surface area contributed by atoms with E-state index in [1.54, 1.807) is 6.07 Å². The first-order chi connectivity index (χ1) is 12.1. The first kappa shape index (κ1) is 17.2. The Morgan fingerprint density at radius 3 is 2.68 bits per heavy atom. The number of pyridine rings is 1. The summed E-state index contributed by atoms with van der Waals surface area (Å²) in [5.41, 5.74) is 1.49. The van der Waals surface area contributed by atoms with Crippen LogP contribution in [0.2, 0.25) is 5.02 Å². The third-order valence-electron chi connectivity index (χ3n) is 3.91. The molecule has 25 heavy (non-hydrogen) atoms. The Kier molecular flexibility index (Phi) is 5.19. The lowest BCUT2D eigenvalue weighted by Crippen LogP contribution is -2.36. The van der Waals surface area contributed by atoms with Crippen LogP contribution in [0.25, 0.3) is 5.65 Å². The topological polar surface area (TPSA) is 71.3 Å². The van der Waals surface area contributed by atoms with Crippen molar-refractivity contribution in [2.45, 2.75) is 19.9 Å². The minimum absolute atomic E-state index is 0.129. The molecule has 2 N–H and O–H groups in total. The van der Waals surface area contributed by atoms with Gasteiger partial charge in [-0.1, -0.05) is 43.6 Å². The summed E-state index contributed by atoms with van der Waals surface area (Å²) in [4.78, 5) is 12.4. The number of amides is 1. The van der Waals surface area contributed by atoms with E-state index in [1.807, 2.05) is 60.8 Å². The van der Waals surface area contributed by atoms with Gasteiger partial charge in [0.1, 0.15) is 0 Å². The fourth-order valence-electron chi connectivity index (χ4n) is 2.61. The van der Waals surface area contributed by atoms with Crippen LogP contribution in [0, 0.1) is 5.92 Å². The van der Waals surface area contributed by atoms with Crippen molar-refractivity contribution < 1.29 is 4.79 Å². The monoisotopic (exact) mass is 357 g/mol. The Balaban J connectivity index is 1.72. The van der Waals surface area contributed by atoms with Crippen molar-refractivity contribution in [2.24, 2.45) is 5.92 Å². The van der Waals surface area contributed by atoms with Gasteiger partial charge in [0, 0.05) is 6.20 Å². The van der Waals surface area contributed by atoms with Crippen LogP contribution < -0.4 is 10.6 Å². The summed E-state index contributed by atoms with van der Waals surface area (Å²) < 4.78 is 1.90. The Labute approximate surface area is 151 Å². The Morgan fingerprint density at radius 1 is 1.16 bits per heavy atom. The third-order valence-corrected chi connectivity index (χ3v) is 4.24. The van der Waals surface area contributed by atoms with E-state index in [9.17, 15) is 4.79 Å². The average Bonchev–Trinajstić information content (AvgIpc) is 3.02. The number of hydrogen-bond donors (Lipinski definition) is 2. The van der Waals surface area contributed by atoms with Gasteiger partial charge in [0.2, 0.25) is 5.91 Å². The number of para-hydroxylation sites is 1. The van der Waals surface area contributed by atoms with Crippen molar-refractivity contribution in [1.82, 2.24) is 19.9 Å². The van der Waals surface area contributed by atoms with Gasteiger partial charge in [0.15, 0.2) is 11.5 Å². The predicted molar refractivity (Wildman–Crippen MR) is 98.7 cm³/mol. The Bertz CT molecular complexity index is 877. The SMILES string of the molecule is CC(C)[C@H](NC(=O)CNc1ccccc1Cl)c1nnc2ccccn12. The second-order valence-corrected chi connectivity index (χ2v) is 6.52. The molecule has 0 fully saturated rings. The van der Waals surface area contributed by atoms with Crippen molar-refractivity contribution in [3.63, 3.8) is 0 Å². The molecule has 0 radical (unpaired) electrons. The zero-order chi connectivity index (χ0) is 17.8. The number of carbonyl (C=O) groups excluding carboxylic acids is 1. The van der Waals surface area contributed by atoms with Crippen LogP contribution in [0.4, 0.5) is 5.69 Å². The number of halogens is 1. The number of nitrogens with zero attached hydrogens (tertiary/aromatic N) is 3. The molecule has 0 spiro atoms. The zero-order valence-corrected chi connectivity index (χ0v) is 14.9. The lowest BCUT2D eigenvalue weighted by molar-refractivity contribution is -0.120. The highest BCUT2D eigenvalue weighted by molar-refractivity contribution is 6.33. The van der Waals surface area contributed by atoms with Crippen molar-refractivity contribution >= 4 is 28.8 Å². The molecular weight excluding hydrogens is 338 g/mol. The molecule has 0 unspecified atom stereocenters. The molecule has 1 amide bonds. The van der Waals surface area contributed by atoms with Crippen LogP contribution in [0.1, 0.15) is 25.7 Å². The van der Waals surface area contributed by atoms with Gasteiger partial charge in [0.25, 0.3) is 0 Å². The Hall–Kier alpha value is -2.60. The number of hydrogen-bond acceptors (Lipinski definition) is 4. The number of aromatic nitrogens is 3. The van der Waals surface area contributed by atoms with Gasteiger partial charge in [0.05, 0.1) is 23.3 Å². The molecule has 3 rings (SSSR count).